The molecule has 1 saturated heterocycles. The summed E-state index contributed by atoms with van der Waals surface area (Å²) in [5.74, 6) is -0.363. The summed E-state index contributed by atoms with van der Waals surface area (Å²) in [6.45, 7) is 6.47. The molecule has 0 spiro atoms. The second kappa shape index (κ2) is 6.34. The van der Waals surface area contributed by atoms with Crippen LogP contribution in [0.15, 0.2) is 0 Å². The van der Waals surface area contributed by atoms with E-state index >= 15 is 0 Å². The molecule has 1 aromatic rings. The molecular weight excluding hydrogens is 264 g/mol. The van der Waals surface area contributed by atoms with E-state index in [1.54, 1.807) is 11.3 Å². The SMILES string of the molecule is CCOC1CCCN(c2nc(C(=O)OC)c(C)s2)C1. The van der Waals surface area contributed by atoms with Gasteiger partial charge in [0.15, 0.2) is 10.8 Å². The van der Waals surface area contributed by atoms with Gasteiger partial charge in [-0.3, -0.25) is 0 Å². The fraction of sp³-hybridized carbons (Fsp3) is 0.692. The normalized spacial score (nSPS) is 19.5. The van der Waals surface area contributed by atoms with E-state index in [-0.39, 0.29) is 12.1 Å². The summed E-state index contributed by atoms with van der Waals surface area (Å²) in [5, 5.41) is 0.891. The standard InChI is InChI=1S/C13H20N2O3S/c1-4-18-10-6-5-7-15(8-10)13-14-11(9(2)19-13)12(16)17-3/h10H,4-8H2,1-3H3. The molecule has 0 amide bonds. The summed E-state index contributed by atoms with van der Waals surface area (Å²) < 4.78 is 10.4. The van der Waals surface area contributed by atoms with Crippen LogP contribution in [0.2, 0.25) is 0 Å². The molecular formula is C13H20N2O3S. The van der Waals surface area contributed by atoms with Gasteiger partial charge >= 0.3 is 5.97 Å². The Morgan fingerprint density at radius 1 is 1.58 bits per heavy atom. The quantitative estimate of drug-likeness (QED) is 0.794. The molecule has 0 aromatic carbocycles. The number of methoxy groups -OCH3 is 1. The number of rotatable bonds is 4. The lowest BCUT2D eigenvalue weighted by molar-refractivity contribution is 0.0526. The van der Waals surface area contributed by atoms with Crippen molar-refractivity contribution in [2.24, 2.45) is 0 Å². The maximum absolute atomic E-state index is 11.6. The Balaban J connectivity index is 2.11. The molecule has 0 bridgehead atoms. The van der Waals surface area contributed by atoms with Crippen molar-refractivity contribution < 1.29 is 14.3 Å². The molecule has 0 saturated carbocycles. The Morgan fingerprint density at radius 2 is 2.37 bits per heavy atom. The van der Waals surface area contributed by atoms with Crippen LogP contribution in [0.1, 0.15) is 35.1 Å². The zero-order chi connectivity index (χ0) is 13.8. The first-order valence-electron chi connectivity index (χ1n) is 6.58. The summed E-state index contributed by atoms with van der Waals surface area (Å²) in [5.41, 5.74) is 0.432. The minimum absolute atomic E-state index is 0.268. The predicted octanol–water partition coefficient (Wildman–Crippen LogP) is 2.24. The van der Waals surface area contributed by atoms with E-state index in [4.69, 9.17) is 9.47 Å². The van der Waals surface area contributed by atoms with Gasteiger partial charge in [0, 0.05) is 24.6 Å². The van der Waals surface area contributed by atoms with Crippen molar-refractivity contribution in [3.05, 3.63) is 10.6 Å². The Labute approximate surface area is 117 Å². The van der Waals surface area contributed by atoms with Gasteiger partial charge in [-0.2, -0.15) is 0 Å². The van der Waals surface area contributed by atoms with E-state index in [2.05, 4.69) is 9.88 Å². The molecule has 1 aromatic heterocycles. The Bertz CT molecular complexity index is 445. The fourth-order valence-corrected chi connectivity index (χ4v) is 3.22. The van der Waals surface area contributed by atoms with Crippen molar-refractivity contribution in [2.75, 3.05) is 31.7 Å². The highest BCUT2D eigenvalue weighted by Gasteiger charge is 2.24. The molecule has 0 N–H and O–H groups in total. The average Bonchev–Trinajstić information content (AvgIpc) is 2.81. The lowest BCUT2D eigenvalue weighted by Crippen LogP contribution is -2.39. The third-order valence-corrected chi connectivity index (χ3v) is 4.25. The molecule has 1 aliphatic rings. The zero-order valence-corrected chi connectivity index (χ0v) is 12.5. The molecule has 2 rings (SSSR count). The summed E-state index contributed by atoms with van der Waals surface area (Å²) in [4.78, 5) is 19.1. The highest BCUT2D eigenvalue weighted by Crippen LogP contribution is 2.28. The Morgan fingerprint density at radius 3 is 3.05 bits per heavy atom. The van der Waals surface area contributed by atoms with Gasteiger partial charge < -0.3 is 14.4 Å². The zero-order valence-electron chi connectivity index (χ0n) is 11.6. The molecule has 0 radical (unpaired) electrons. The van der Waals surface area contributed by atoms with E-state index < -0.39 is 0 Å². The molecule has 2 heterocycles. The number of hydrogen-bond acceptors (Lipinski definition) is 6. The van der Waals surface area contributed by atoms with Crippen LogP contribution in [0, 0.1) is 6.92 Å². The number of piperidine rings is 1. The second-order valence-corrected chi connectivity index (χ2v) is 5.74. The van der Waals surface area contributed by atoms with E-state index in [1.165, 1.54) is 7.11 Å². The van der Waals surface area contributed by atoms with Crippen LogP contribution in [-0.2, 0) is 9.47 Å². The molecule has 19 heavy (non-hydrogen) atoms. The van der Waals surface area contributed by atoms with Gasteiger partial charge in [0.1, 0.15) is 0 Å². The minimum atomic E-state index is -0.363. The van der Waals surface area contributed by atoms with Crippen LogP contribution in [0.25, 0.3) is 0 Å². The van der Waals surface area contributed by atoms with Gasteiger partial charge in [-0.25, -0.2) is 9.78 Å². The van der Waals surface area contributed by atoms with Gasteiger partial charge in [0.25, 0.3) is 0 Å². The second-order valence-electron chi connectivity index (χ2n) is 4.56. The fourth-order valence-electron chi connectivity index (χ4n) is 2.29. The third-order valence-electron chi connectivity index (χ3n) is 3.22. The highest BCUT2D eigenvalue weighted by molar-refractivity contribution is 7.15. The third kappa shape index (κ3) is 3.25. The summed E-state index contributed by atoms with van der Waals surface area (Å²) in [7, 11) is 1.38. The number of aromatic nitrogens is 1. The number of carbonyl (C=O) groups is 1. The minimum Gasteiger partial charge on any atom is -0.464 e. The first kappa shape index (κ1) is 14.3. The highest BCUT2D eigenvalue weighted by atomic mass is 32.1. The smallest absolute Gasteiger partial charge is 0.357 e. The molecule has 6 heteroatoms. The van der Waals surface area contributed by atoms with Crippen molar-refractivity contribution in [1.29, 1.82) is 0 Å². The van der Waals surface area contributed by atoms with E-state index in [0.29, 0.717) is 5.69 Å². The number of hydrogen-bond donors (Lipinski definition) is 0. The van der Waals surface area contributed by atoms with Crippen LogP contribution >= 0.6 is 11.3 Å². The Hall–Kier alpha value is -1.14. The maximum atomic E-state index is 11.6. The predicted molar refractivity (Wildman–Crippen MR) is 75.1 cm³/mol. The van der Waals surface area contributed by atoms with Crippen molar-refractivity contribution >= 4 is 22.4 Å². The largest absolute Gasteiger partial charge is 0.464 e. The number of aryl methyl sites for hydroxylation is 1. The first-order chi connectivity index (χ1) is 9.15. The van der Waals surface area contributed by atoms with Crippen molar-refractivity contribution in [3.63, 3.8) is 0 Å². The van der Waals surface area contributed by atoms with E-state index in [0.717, 1.165) is 42.5 Å². The van der Waals surface area contributed by atoms with Crippen LogP contribution in [0.3, 0.4) is 0 Å². The van der Waals surface area contributed by atoms with Gasteiger partial charge in [0.2, 0.25) is 0 Å². The summed E-state index contributed by atoms with van der Waals surface area (Å²) in [6, 6.07) is 0. The van der Waals surface area contributed by atoms with Crippen molar-refractivity contribution in [2.45, 2.75) is 32.8 Å². The van der Waals surface area contributed by atoms with Crippen molar-refractivity contribution in [3.8, 4) is 0 Å². The summed E-state index contributed by atoms with van der Waals surface area (Å²) in [6.07, 6.45) is 2.46. The number of ether oxygens (including phenoxy) is 2. The average molecular weight is 284 g/mol. The lowest BCUT2D eigenvalue weighted by Gasteiger charge is -2.32. The van der Waals surface area contributed by atoms with Crippen LogP contribution in [-0.4, -0.2) is 43.9 Å². The van der Waals surface area contributed by atoms with E-state index in [1.807, 2.05) is 13.8 Å². The molecule has 0 aliphatic carbocycles. The number of carbonyl (C=O) groups excluding carboxylic acids is 1. The number of esters is 1. The molecule has 1 unspecified atom stereocenters. The number of nitrogens with zero attached hydrogens (tertiary/aromatic N) is 2. The molecule has 1 atom stereocenters. The monoisotopic (exact) mass is 284 g/mol. The van der Waals surface area contributed by atoms with Gasteiger partial charge in [0.05, 0.1) is 13.2 Å². The number of thiazole rings is 1. The topological polar surface area (TPSA) is 51.7 Å². The first-order valence-corrected chi connectivity index (χ1v) is 7.39. The molecule has 1 fully saturated rings. The maximum Gasteiger partial charge on any atom is 0.357 e. The van der Waals surface area contributed by atoms with Crippen molar-refractivity contribution in [1.82, 2.24) is 4.98 Å². The number of anilines is 1. The lowest BCUT2D eigenvalue weighted by atomic mass is 10.1. The van der Waals surface area contributed by atoms with Gasteiger partial charge in [-0.1, -0.05) is 0 Å². The van der Waals surface area contributed by atoms with Crippen LogP contribution in [0.4, 0.5) is 5.13 Å². The van der Waals surface area contributed by atoms with Gasteiger partial charge in [-0.15, -0.1) is 11.3 Å². The summed E-state index contributed by atoms with van der Waals surface area (Å²) >= 11 is 1.54. The Kier molecular flexibility index (Phi) is 4.76. The molecule has 5 nitrogen and oxygen atoms in total. The van der Waals surface area contributed by atoms with E-state index in [9.17, 15) is 4.79 Å². The van der Waals surface area contributed by atoms with Gasteiger partial charge in [-0.05, 0) is 26.7 Å². The molecule has 1 aliphatic heterocycles. The van der Waals surface area contributed by atoms with Crippen LogP contribution in [0.5, 0.6) is 0 Å². The molecule has 106 valence electrons. The van der Waals surface area contributed by atoms with Crippen LogP contribution < -0.4 is 4.90 Å².